The number of aromatic nitrogens is 1. The first-order valence-electron chi connectivity index (χ1n) is 11.3. The van der Waals surface area contributed by atoms with Crippen molar-refractivity contribution in [3.8, 4) is 0 Å². The van der Waals surface area contributed by atoms with Gasteiger partial charge in [-0.05, 0) is 54.9 Å². The minimum Gasteiger partial charge on any atom is -0.467 e. The second kappa shape index (κ2) is 9.75. The van der Waals surface area contributed by atoms with Crippen LogP contribution < -0.4 is 0 Å². The summed E-state index contributed by atoms with van der Waals surface area (Å²) in [6.45, 7) is 9.75. The monoisotopic (exact) mass is 427 g/mol. The van der Waals surface area contributed by atoms with Crippen molar-refractivity contribution in [3.05, 3.63) is 48.2 Å². The Morgan fingerprint density at radius 3 is 2.45 bits per heavy atom. The smallest absolute Gasteiger partial charge is 0.242 e. The molecule has 1 aliphatic rings. The van der Waals surface area contributed by atoms with Gasteiger partial charge in [-0.25, -0.2) is 0 Å². The molecule has 2 aromatic rings. The van der Waals surface area contributed by atoms with Crippen LogP contribution >= 0.6 is 0 Å². The molecule has 0 bridgehead atoms. The van der Waals surface area contributed by atoms with Gasteiger partial charge in [0.2, 0.25) is 11.8 Å². The SMILES string of the molecule is CC(CC(=O)N(CC(=O)N(Cc1ccco1)Cc1cccn1C)C1CC1)CC(C)(C)C. The Labute approximate surface area is 186 Å². The van der Waals surface area contributed by atoms with Gasteiger partial charge >= 0.3 is 0 Å². The third-order valence-electron chi connectivity index (χ3n) is 5.78. The van der Waals surface area contributed by atoms with Gasteiger partial charge in [-0.1, -0.05) is 27.7 Å². The van der Waals surface area contributed by atoms with Crippen molar-refractivity contribution in [1.29, 1.82) is 0 Å². The molecule has 170 valence electrons. The number of hydrogen-bond donors (Lipinski definition) is 0. The van der Waals surface area contributed by atoms with Crippen LogP contribution in [-0.2, 0) is 29.7 Å². The molecular weight excluding hydrogens is 390 g/mol. The quantitative estimate of drug-likeness (QED) is 0.557. The van der Waals surface area contributed by atoms with Gasteiger partial charge in [0.25, 0.3) is 0 Å². The van der Waals surface area contributed by atoms with Crippen LogP contribution in [0.1, 0.15) is 64.8 Å². The summed E-state index contributed by atoms with van der Waals surface area (Å²) < 4.78 is 7.51. The van der Waals surface area contributed by atoms with Crippen molar-refractivity contribution in [2.24, 2.45) is 18.4 Å². The van der Waals surface area contributed by atoms with Crippen molar-refractivity contribution >= 4 is 11.8 Å². The Morgan fingerprint density at radius 1 is 1.16 bits per heavy atom. The maximum Gasteiger partial charge on any atom is 0.242 e. The van der Waals surface area contributed by atoms with Crippen LogP contribution in [0.3, 0.4) is 0 Å². The highest BCUT2D eigenvalue weighted by molar-refractivity contribution is 5.85. The number of amides is 2. The van der Waals surface area contributed by atoms with Crippen LogP contribution in [0.4, 0.5) is 0 Å². The molecule has 2 heterocycles. The van der Waals surface area contributed by atoms with E-state index in [2.05, 4.69) is 27.7 Å². The van der Waals surface area contributed by atoms with E-state index in [1.807, 2.05) is 47.0 Å². The van der Waals surface area contributed by atoms with E-state index in [-0.39, 0.29) is 29.8 Å². The standard InChI is InChI=1S/C25H37N3O3/c1-19(15-25(2,3)4)14-23(29)28(20-10-11-20)18-24(30)27(17-22-9-7-13-31-22)16-21-8-6-12-26(21)5/h6-9,12-13,19-20H,10-11,14-18H2,1-5H3. The molecule has 1 atom stereocenters. The molecule has 3 rings (SSSR count). The molecule has 0 radical (unpaired) electrons. The Kier molecular flexibility index (Phi) is 7.29. The van der Waals surface area contributed by atoms with Crippen LogP contribution in [0.2, 0.25) is 0 Å². The molecule has 1 saturated carbocycles. The summed E-state index contributed by atoms with van der Waals surface area (Å²) >= 11 is 0. The van der Waals surface area contributed by atoms with Crippen molar-refractivity contribution < 1.29 is 14.0 Å². The van der Waals surface area contributed by atoms with E-state index in [9.17, 15) is 9.59 Å². The number of hydrogen-bond acceptors (Lipinski definition) is 3. The Morgan fingerprint density at radius 2 is 1.90 bits per heavy atom. The zero-order valence-electron chi connectivity index (χ0n) is 19.6. The molecule has 0 saturated heterocycles. The number of furan rings is 1. The number of carbonyl (C=O) groups excluding carboxylic acids is 2. The average molecular weight is 428 g/mol. The van der Waals surface area contributed by atoms with E-state index in [0.29, 0.717) is 25.4 Å². The van der Waals surface area contributed by atoms with E-state index in [4.69, 9.17) is 4.42 Å². The topological polar surface area (TPSA) is 58.7 Å². The minimum atomic E-state index is -0.0404. The lowest BCUT2D eigenvalue weighted by Crippen LogP contribution is -2.44. The van der Waals surface area contributed by atoms with Crippen molar-refractivity contribution in [3.63, 3.8) is 0 Å². The molecule has 0 aliphatic heterocycles. The Bertz CT molecular complexity index is 859. The van der Waals surface area contributed by atoms with Gasteiger partial charge in [0, 0.05) is 31.4 Å². The fourth-order valence-electron chi connectivity index (χ4n) is 4.26. The molecule has 6 nitrogen and oxygen atoms in total. The molecule has 0 aromatic carbocycles. The second-order valence-electron chi connectivity index (χ2n) is 10.3. The summed E-state index contributed by atoms with van der Waals surface area (Å²) in [5, 5.41) is 0. The fraction of sp³-hybridized carbons (Fsp3) is 0.600. The average Bonchev–Trinajstić information content (AvgIpc) is 3.22. The van der Waals surface area contributed by atoms with Gasteiger partial charge in [-0.3, -0.25) is 9.59 Å². The van der Waals surface area contributed by atoms with Crippen LogP contribution in [0.5, 0.6) is 0 Å². The summed E-state index contributed by atoms with van der Waals surface area (Å²) in [5.41, 5.74) is 1.23. The van der Waals surface area contributed by atoms with Crippen LogP contribution in [0, 0.1) is 11.3 Å². The predicted octanol–water partition coefficient (Wildman–Crippen LogP) is 4.60. The maximum atomic E-state index is 13.3. The van der Waals surface area contributed by atoms with Crippen molar-refractivity contribution in [1.82, 2.24) is 14.4 Å². The summed E-state index contributed by atoms with van der Waals surface area (Å²) in [7, 11) is 1.97. The summed E-state index contributed by atoms with van der Waals surface area (Å²) in [5.74, 6) is 1.10. The minimum absolute atomic E-state index is 0.0404. The molecule has 1 fully saturated rings. The summed E-state index contributed by atoms with van der Waals surface area (Å²) in [6, 6.07) is 7.90. The van der Waals surface area contributed by atoms with E-state index in [0.717, 1.165) is 30.7 Å². The third-order valence-corrected chi connectivity index (χ3v) is 5.78. The fourth-order valence-corrected chi connectivity index (χ4v) is 4.26. The lowest BCUT2D eigenvalue weighted by molar-refractivity contribution is -0.142. The van der Waals surface area contributed by atoms with E-state index in [1.165, 1.54) is 0 Å². The second-order valence-corrected chi connectivity index (χ2v) is 10.3. The molecular formula is C25H37N3O3. The van der Waals surface area contributed by atoms with E-state index < -0.39 is 0 Å². The van der Waals surface area contributed by atoms with Crippen LogP contribution in [-0.4, -0.2) is 38.8 Å². The Hall–Kier alpha value is -2.50. The van der Waals surface area contributed by atoms with Gasteiger partial charge in [0.05, 0.1) is 19.4 Å². The third kappa shape index (κ3) is 7.01. The van der Waals surface area contributed by atoms with E-state index >= 15 is 0 Å². The summed E-state index contributed by atoms with van der Waals surface area (Å²) in [6.07, 6.45) is 7.06. The van der Waals surface area contributed by atoms with Gasteiger partial charge in [-0.15, -0.1) is 0 Å². The molecule has 2 amide bonds. The molecule has 2 aromatic heterocycles. The molecule has 1 unspecified atom stereocenters. The predicted molar refractivity (Wildman–Crippen MR) is 121 cm³/mol. The highest BCUT2D eigenvalue weighted by Gasteiger charge is 2.35. The van der Waals surface area contributed by atoms with Crippen LogP contribution in [0.15, 0.2) is 41.1 Å². The van der Waals surface area contributed by atoms with Crippen LogP contribution in [0.25, 0.3) is 0 Å². The molecule has 6 heteroatoms. The van der Waals surface area contributed by atoms with Gasteiger partial charge in [-0.2, -0.15) is 0 Å². The first-order valence-corrected chi connectivity index (χ1v) is 11.3. The van der Waals surface area contributed by atoms with E-state index in [1.54, 1.807) is 11.2 Å². The number of nitrogens with zero attached hydrogens (tertiary/aromatic N) is 3. The highest BCUT2D eigenvalue weighted by atomic mass is 16.3. The maximum absolute atomic E-state index is 13.3. The largest absolute Gasteiger partial charge is 0.467 e. The Balaban J connectivity index is 1.68. The number of rotatable bonds is 10. The lowest BCUT2D eigenvalue weighted by Gasteiger charge is -2.29. The van der Waals surface area contributed by atoms with Gasteiger partial charge in [0.15, 0.2) is 0 Å². The first kappa shape index (κ1) is 23.2. The zero-order chi connectivity index (χ0) is 22.6. The first-order chi connectivity index (χ1) is 14.6. The number of aryl methyl sites for hydroxylation is 1. The molecule has 1 aliphatic carbocycles. The van der Waals surface area contributed by atoms with Crippen molar-refractivity contribution in [2.45, 2.75) is 72.5 Å². The van der Waals surface area contributed by atoms with Gasteiger partial charge < -0.3 is 18.8 Å². The lowest BCUT2D eigenvalue weighted by atomic mass is 9.84. The van der Waals surface area contributed by atoms with Crippen molar-refractivity contribution in [2.75, 3.05) is 6.54 Å². The normalized spacial score (nSPS) is 15.0. The molecule has 0 N–H and O–H groups in total. The molecule has 31 heavy (non-hydrogen) atoms. The highest BCUT2D eigenvalue weighted by Crippen LogP contribution is 2.30. The zero-order valence-corrected chi connectivity index (χ0v) is 19.6. The number of carbonyl (C=O) groups is 2. The molecule has 0 spiro atoms. The summed E-state index contributed by atoms with van der Waals surface area (Å²) in [4.78, 5) is 30.1. The van der Waals surface area contributed by atoms with Gasteiger partial charge in [0.1, 0.15) is 12.3 Å².